The number of aromatic nitrogens is 2. The van der Waals surface area contributed by atoms with Gasteiger partial charge in [0.25, 0.3) is 5.56 Å². The Labute approximate surface area is 207 Å². The van der Waals surface area contributed by atoms with Gasteiger partial charge < -0.3 is 19.2 Å². The van der Waals surface area contributed by atoms with E-state index in [2.05, 4.69) is 4.98 Å². The van der Waals surface area contributed by atoms with Crippen molar-refractivity contribution >= 4 is 35.1 Å². The number of nitrogens with zero attached hydrogens (tertiary/aromatic N) is 1. The van der Waals surface area contributed by atoms with Gasteiger partial charge in [-0.05, 0) is 48.5 Å². The molecular weight excluding hydrogens is 506 g/mol. The Morgan fingerprint density at radius 2 is 1.57 bits per heavy atom. The first-order valence-electron chi connectivity index (χ1n) is 10.3. The third kappa shape index (κ3) is 5.61. The van der Waals surface area contributed by atoms with Crippen molar-refractivity contribution in [3.63, 3.8) is 0 Å². The highest BCUT2D eigenvalue weighted by Crippen LogP contribution is 2.30. The van der Waals surface area contributed by atoms with Gasteiger partial charge in [-0.15, -0.1) is 0 Å². The van der Waals surface area contributed by atoms with Gasteiger partial charge in [0.2, 0.25) is 5.82 Å². The topological polar surface area (TPSA) is 117 Å². The van der Waals surface area contributed by atoms with Crippen molar-refractivity contribution in [3.8, 4) is 0 Å². The number of carbonyl (C=O) groups is 2. The molecular formula is C23H17Cl2FN2O7. The van der Waals surface area contributed by atoms with Gasteiger partial charge in [0.15, 0.2) is 0 Å². The normalized spacial score (nSPS) is 19.3. The zero-order chi connectivity index (χ0) is 25.1. The van der Waals surface area contributed by atoms with E-state index in [1.165, 1.54) is 48.5 Å². The molecule has 1 saturated heterocycles. The number of carbonyl (C=O) groups excluding carboxylic acids is 2. The number of ether oxygens (including phenoxy) is 3. The van der Waals surface area contributed by atoms with Crippen molar-refractivity contribution in [1.82, 2.24) is 9.55 Å². The maximum Gasteiger partial charge on any atom is 0.338 e. The summed E-state index contributed by atoms with van der Waals surface area (Å²) < 4.78 is 30.9. The first-order chi connectivity index (χ1) is 16.7. The second-order valence-corrected chi connectivity index (χ2v) is 8.41. The third-order valence-corrected chi connectivity index (χ3v) is 5.73. The molecule has 182 valence electrons. The van der Waals surface area contributed by atoms with E-state index >= 15 is 0 Å². The smallest absolute Gasteiger partial charge is 0.338 e. The van der Waals surface area contributed by atoms with Crippen LogP contribution in [-0.4, -0.2) is 40.3 Å². The van der Waals surface area contributed by atoms with Crippen LogP contribution < -0.4 is 11.2 Å². The Hall–Kier alpha value is -3.47. The van der Waals surface area contributed by atoms with Gasteiger partial charge >= 0.3 is 17.6 Å². The fourth-order valence-corrected chi connectivity index (χ4v) is 3.73. The highest BCUT2D eigenvalue weighted by Gasteiger charge is 2.41. The third-order valence-electron chi connectivity index (χ3n) is 5.23. The van der Waals surface area contributed by atoms with Crippen molar-refractivity contribution in [2.24, 2.45) is 0 Å². The Bertz CT molecular complexity index is 1360. The van der Waals surface area contributed by atoms with E-state index in [1.807, 2.05) is 0 Å². The Kier molecular flexibility index (Phi) is 7.34. The van der Waals surface area contributed by atoms with E-state index in [9.17, 15) is 23.6 Å². The molecule has 0 bridgehead atoms. The standard InChI is InChI=1S/C23H17Cl2FN2O7/c24-14-5-1-12(2-6-14)21(30)33-11-18-17(35-22(31)13-3-7-15(25)8-4-13)9-19(34-18)28-20(29)16(26)10-27-23(28)32/h1-8,10,17-19H,9,11H2,(H,27,32)/t17?,18-,19-/m1/s1. The molecule has 0 amide bonds. The highest BCUT2D eigenvalue weighted by atomic mass is 35.5. The van der Waals surface area contributed by atoms with E-state index in [0.29, 0.717) is 20.8 Å². The molecule has 4 rings (SSSR count). The molecule has 1 N–H and O–H groups in total. The van der Waals surface area contributed by atoms with Crippen LogP contribution in [0.3, 0.4) is 0 Å². The molecule has 1 aromatic heterocycles. The second-order valence-electron chi connectivity index (χ2n) is 7.54. The van der Waals surface area contributed by atoms with E-state index in [1.54, 1.807) is 0 Å². The Morgan fingerprint density at radius 1 is 1.00 bits per heavy atom. The van der Waals surface area contributed by atoms with Crippen molar-refractivity contribution in [1.29, 1.82) is 0 Å². The molecule has 1 aliphatic heterocycles. The minimum absolute atomic E-state index is 0.172. The molecule has 3 aromatic rings. The van der Waals surface area contributed by atoms with Gasteiger partial charge in [-0.25, -0.2) is 19.0 Å². The molecule has 1 aliphatic rings. The summed E-state index contributed by atoms with van der Waals surface area (Å²) in [4.78, 5) is 51.5. The zero-order valence-electron chi connectivity index (χ0n) is 17.8. The monoisotopic (exact) mass is 522 g/mol. The lowest BCUT2D eigenvalue weighted by Gasteiger charge is -2.19. The first kappa shape index (κ1) is 24.6. The lowest BCUT2D eigenvalue weighted by molar-refractivity contribution is -0.0592. The predicted molar refractivity (Wildman–Crippen MR) is 122 cm³/mol. The van der Waals surface area contributed by atoms with Gasteiger partial charge in [0.05, 0.1) is 11.1 Å². The molecule has 2 heterocycles. The maximum atomic E-state index is 13.8. The van der Waals surface area contributed by atoms with Crippen molar-refractivity contribution < 1.29 is 28.2 Å². The van der Waals surface area contributed by atoms with E-state index < -0.39 is 47.4 Å². The number of nitrogens with one attached hydrogen (secondary N) is 1. The van der Waals surface area contributed by atoms with Gasteiger partial charge in [0, 0.05) is 22.7 Å². The number of hydrogen-bond acceptors (Lipinski definition) is 7. The van der Waals surface area contributed by atoms with Crippen LogP contribution in [0.25, 0.3) is 0 Å². The van der Waals surface area contributed by atoms with Crippen molar-refractivity contribution in [2.45, 2.75) is 24.9 Å². The summed E-state index contributed by atoms with van der Waals surface area (Å²) in [5, 5.41) is 0.853. The summed E-state index contributed by atoms with van der Waals surface area (Å²) in [5.74, 6) is -2.62. The van der Waals surface area contributed by atoms with Crippen LogP contribution in [0.4, 0.5) is 4.39 Å². The van der Waals surface area contributed by atoms with Gasteiger partial charge in [-0.2, -0.15) is 4.39 Å². The molecule has 0 aliphatic carbocycles. The second kappa shape index (κ2) is 10.4. The van der Waals surface area contributed by atoms with Crippen LogP contribution in [0.15, 0.2) is 64.3 Å². The first-order valence-corrected chi connectivity index (χ1v) is 11.0. The number of hydrogen-bond donors (Lipinski definition) is 1. The SMILES string of the molecule is O=C(OC[C@H]1O[C@@H](n2c(=O)[nH]cc(F)c2=O)CC1OC(=O)c1ccc(Cl)cc1)c1ccc(Cl)cc1. The average molecular weight is 523 g/mol. The zero-order valence-corrected chi connectivity index (χ0v) is 19.3. The molecule has 3 atom stereocenters. The number of halogens is 3. The lowest BCUT2D eigenvalue weighted by atomic mass is 10.1. The van der Waals surface area contributed by atoms with Crippen LogP contribution >= 0.6 is 23.2 Å². The molecule has 2 aromatic carbocycles. The van der Waals surface area contributed by atoms with Gasteiger partial charge in [-0.3, -0.25) is 4.79 Å². The number of aromatic amines is 1. The minimum atomic E-state index is -1.27. The number of benzene rings is 2. The fraction of sp³-hybridized carbons (Fsp3) is 0.217. The molecule has 12 heteroatoms. The van der Waals surface area contributed by atoms with Crippen LogP contribution in [0, 0.1) is 5.82 Å². The summed E-state index contributed by atoms with van der Waals surface area (Å²) in [6, 6.07) is 11.9. The molecule has 0 saturated carbocycles. The van der Waals surface area contributed by atoms with E-state index in [4.69, 9.17) is 37.4 Å². The van der Waals surface area contributed by atoms with E-state index in [0.717, 1.165) is 0 Å². The predicted octanol–water partition coefficient (Wildman–Crippen LogP) is 3.35. The minimum Gasteiger partial charge on any atom is -0.459 e. The quantitative estimate of drug-likeness (QED) is 0.493. The number of esters is 2. The summed E-state index contributed by atoms with van der Waals surface area (Å²) in [5.41, 5.74) is -1.71. The molecule has 1 fully saturated rings. The van der Waals surface area contributed by atoms with Crippen LogP contribution in [0.2, 0.25) is 10.0 Å². The molecule has 1 unspecified atom stereocenters. The average Bonchev–Trinajstić information content (AvgIpc) is 3.23. The Morgan fingerprint density at radius 3 is 2.17 bits per heavy atom. The number of rotatable bonds is 6. The number of H-pyrrole nitrogens is 1. The van der Waals surface area contributed by atoms with Crippen molar-refractivity contribution in [3.05, 3.63) is 103 Å². The van der Waals surface area contributed by atoms with E-state index in [-0.39, 0.29) is 24.2 Å². The molecule has 0 radical (unpaired) electrons. The molecule has 9 nitrogen and oxygen atoms in total. The fourth-order valence-electron chi connectivity index (χ4n) is 3.48. The lowest BCUT2D eigenvalue weighted by Crippen LogP contribution is -2.39. The van der Waals surface area contributed by atoms with Crippen LogP contribution in [0.1, 0.15) is 33.4 Å². The molecule has 0 spiro atoms. The highest BCUT2D eigenvalue weighted by molar-refractivity contribution is 6.31. The van der Waals surface area contributed by atoms with Crippen molar-refractivity contribution in [2.75, 3.05) is 6.61 Å². The van der Waals surface area contributed by atoms with Crippen LogP contribution in [0.5, 0.6) is 0 Å². The van der Waals surface area contributed by atoms with Gasteiger partial charge in [0.1, 0.15) is 25.0 Å². The summed E-state index contributed by atoms with van der Waals surface area (Å²) in [7, 11) is 0. The Balaban J connectivity index is 1.55. The summed E-state index contributed by atoms with van der Waals surface area (Å²) in [6.07, 6.45) is -2.89. The summed E-state index contributed by atoms with van der Waals surface area (Å²) >= 11 is 11.7. The van der Waals surface area contributed by atoms with Crippen LogP contribution in [-0.2, 0) is 14.2 Å². The summed E-state index contributed by atoms with van der Waals surface area (Å²) in [6.45, 7) is -0.376. The largest absolute Gasteiger partial charge is 0.459 e. The molecule has 35 heavy (non-hydrogen) atoms. The van der Waals surface area contributed by atoms with Gasteiger partial charge in [-0.1, -0.05) is 23.2 Å². The maximum absolute atomic E-state index is 13.8.